The lowest BCUT2D eigenvalue weighted by molar-refractivity contribution is 0.0667. The van der Waals surface area contributed by atoms with Gasteiger partial charge in [0, 0.05) is 30.1 Å². The quantitative estimate of drug-likeness (QED) is 0.873. The van der Waals surface area contributed by atoms with E-state index in [0.717, 1.165) is 19.5 Å². The van der Waals surface area contributed by atoms with Gasteiger partial charge in [-0.05, 0) is 36.3 Å². The fourth-order valence-electron chi connectivity index (χ4n) is 3.05. The summed E-state index contributed by atoms with van der Waals surface area (Å²) in [5.74, 6) is 0. The molecule has 0 radical (unpaired) electrons. The van der Waals surface area contributed by atoms with Crippen molar-refractivity contribution < 1.29 is 0 Å². The Balaban J connectivity index is 2.16. The van der Waals surface area contributed by atoms with Crippen LogP contribution in [0.25, 0.3) is 0 Å². The van der Waals surface area contributed by atoms with Crippen LogP contribution in [-0.4, -0.2) is 23.5 Å². The first-order chi connectivity index (χ1) is 8.25. The van der Waals surface area contributed by atoms with Gasteiger partial charge in [0.2, 0.25) is 0 Å². The molecule has 1 aliphatic heterocycles. The standard InChI is InChI=1S/C14H24N2S/c1-3-7-14(4-2,11-15)16-8-5-13-12(10-16)6-9-17-13/h6,9H,3-5,7-8,10-11,15H2,1-2H3. The maximum Gasteiger partial charge on any atom is 0.0332 e. The number of fused-ring (bicyclic) bond motifs is 1. The van der Waals surface area contributed by atoms with E-state index in [4.69, 9.17) is 5.73 Å². The molecular weight excluding hydrogens is 228 g/mol. The highest BCUT2D eigenvalue weighted by Gasteiger charge is 2.34. The number of nitrogens with zero attached hydrogens (tertiary/aromatic N) is 1. The molecule has 3 heteroatoms. The van der Waals surface area contributed by atoms with Crippen LogP contribution < -0.4 is 5.73 Å². The SMILES string of the molecule is CCCC(CC)(CN)N1CCc2sccc2C1. The Bertz CT molecular complexity index is 355. The molecule has 0 fully saturated rings. The minimum absolute atomic E-state index is 0.231. The molecule has 0 aliphatic carbocycles. The second-order valence-corrected chi connectivity index (χ2v) is 6.07. The third kappa shape index (κ3) is 2.42. The third-order valence-electron chi connectivity index (χ3n) is 4.23. The molecule has 0 spiro atoms. The molecule has 0 bridgehead atoms. The van der Waals surface area contributed by atoms with E-state index in [9.17, 15) is 0 Å². The highest BCUT2D eigenvalue weighted by molar-refractivity contribution is 7.10. The lowest BCUT2D eigenvalue weighted by Crippen LogP contribution is -2.54. The first-order valence-electron chi connectivity index (χ1n) is 6.76. The summed E-state index contributed by atoms with van der Waals surface area (Å²) in [4.78, 5) is 4.21. The smallest absolute Gasteiger partial charge is 0.0332 e. The normalized spacial score (nSPS) is 19.9. The van der Waals surface area contributed by atoms with E-state index in [1.165, 1.54) is 31.4 Å². The zero-order valence-corrected chi connectivity index (χ0v) is 11.9. The van der Waals surface area contributed by atoms with Crippen molar-refractivity contribution in [2.75, 3.05) is 13.1 Å². The molecule has 2 N–H and O–H groups in total. The molecule has 1 atom stereocenters. The van der Waals surface area contributed by atoms with Gasteiger partial charge in [-0.25, -0.2) is 0 Å². The average molecular weight is 252 g/mol. The Hall–Kier alpha value is -0.380. The number of hydrogen-bond donors (Lipinski definition) is 1. The summed E-state index contributed by atoms with van der Waals surface area (Å²) in [6, 6.07) is 2.29. The first kappa shape index (κ1) is 13.1. The Kier molecular flexibility index (Phi) is 4.23. The molecule has 1 aromatic heterocycles. The predicted octanol–water partition coefficient (Wildman–Crippen LogP) is 3.01. The molecule has 96 valence electrons. The zero-order chi connectivity index (χ0) is 12.3. The van der Waals surface area contributed by atoms with Crippen molar-refractivity contribution in [2.45, 2.75) is 51.6 Å². The fourth-order valence-corrected chi connectivity index (χ4v) is 3.94. The van der Waals surface area contributed by atoms with Crippen molar-refractivity contribution in [3.8, 4) is 0 Å². The van der Waals surface area contributed by atoms with Crippen LogP contribution in [0.3, 0.4) is 0 Å². The van der Waals surface area contributed by atoms with Crippen LogP contribution >= 0.6 is 11.3 Å². The van der Waals surface area contributed by atoms with Gasteiger partial charge in [0.25, 0.3) is 0 Å². The molecule has 0 aromatic carbocycles. The Morgan fingerprint density at radius 2 is 2.29 bits per heavy atom. The lowest BCUT2D eigenvalue weighted by Gasteiger charge is -2.45. The van der Waals surface area contributed by atoms with Gasteiger partial charge in [-0.15, -0.1) is 11.3 Å². The summed E-state index contributed by atoms with van der Waals surface area (Å²) in [5.41, 5.74) is 7.85. The van der Waals surface area contributed by atoms with E-state index in [1.807, 2.05) is 11.3 Å². The maximum atomic E-state index is 6.09. The van der Waals surface area contributed by atoms with Crippen LogP contribution in [0.1, 0.15) is 43.6 Å². The molecule has 17 heavy (non-hydrogen) atoms. The van der Waals surface area contributed by atoms with E-state index in [1.54, 1.807) is 4.88 Å². The summed E-state index contributed by atoms with van der Waals surface area (Å²) in [6.07, 6.45) is 4.81. The van der Waals surface area contributed by atoms with Crippen molar-refractivity contribution in [3.63, 3.8) is 0 Å². The van der Waals surface area contributed by atoms with Crippen molar-refractivity contribution in [2.24, 2.45) is 5.73 Å². The second kappa shape index (κ2) is 5.51. The van der Waals surface area contributed by atoms with Gasteiger partial charge in [-0.3, -0.25) is 4.90 Å². The number of nitrogens with two attached hydrogens (primary N) is 1. The van der Waals surface area contributed by atoms with Gasteiger partial charge >= 0.3 is 0 Å². The van der Waals surface area contributed by atoms with E-state index in [2.05, 4.69) is 30.2 Å². The van der Waals surface area contributed by atoms with Crippen molar-refractivity contribution >= 4 is 11.3 Å². The topological polar surface area (TPSA) is 29.3 Å². The van der Waals surface area contributed by atoms with E-state index in [-0.39, 0.29) is 5.54 Å². The minimum Gasteiger partial charge on any atom is -0.329 e. The molecule has 2 rings (SSSR count). The first-order valence-corrected chi connectivity index (χ1v) is 7.64. The summed E-state index contributed by atoms with van der Waals surface area (Å²) in [6.45, 7) is 7.62. The molecule has 1 aliphatic rings. The Morgan fingerprint density at radius 1 is 1.47 bits per heavy atom. The molecule has 1 aromatic rings. The summed E-state index contributed by atoms with van der Waals surface area (Å²) in [7, 11) is 0. The van der Waals surface area contributed by atoms with Gasteiger partial charge < -0.3 is 5.73 Å². The van der Waals surface area contributed by atoms with Crippen molar-refractivity contribution in [3.05, 3.63) is 21.9 Å². The summed E-state index contributed by atoms with van der Waals surface area (Å²) in [5, 5.41) is 2.23. The minimum atomic E-state index is 0.231. The molecule has 2 heterocycles. The van der Waals surface area contributed by atoms with Crippen LogP contribution in [-0.2, 0) is 13.0 Å². The second-order valence-electron chi connectivity index (χ2n) is 5.07. The fraction of sp³-hybridized carbons (Fsp3) is 0.714. The molecule has 2 nitrogen and oxygen atoms in total. The van der Waals surface area contributed by atoms with Gasteiger partial charge in [0.15, 0.2) is 0 Å². The largest absolute Gasteiger partial charge is 0.329 e. The number of thiophene rings is 1. The molecule has 0 amide bonds. The highest BCUT2D eigenvalue weighted by atomic mass is 32.1. The monoisotopic (exact) mass is 252 g/mol. The van der Waals surface area contributed by atoms with E-state index >= 15 is 0 Å². The Morgan fingerprint density at radius 3 is 2.94 bits per heavy atom. The van der Waals surface area contributed by atoms with Gasteiger partial charge in [0.05, 0.1) is 0 Å². The van der Waals surface area contributed by atoms with Gasteiger partial charge in [-0.1, -0.05) is 20.3 Å². The summed E-state index contributed by atoms with van der Waals surface area (Å²) >= 11 is 1.91. The van der Waals surface area contributed by atoms with Crippen LogP contribution in [0.15, 0.2) is 11.4 Å². The molecule has 0 saturated carbocycles. The Labute approximate surface area is 109 Å². The molecule has 0 saturated heterocycles. The van der Waals surface area contributed by atoms with Crippen LogP contribution in [0, 0.1) is 0 Å². The summed E-state index contributed by atoms with van der Waals surface area (Å²) < 4.78 is 0. The van der Waals surface area contributed by atoms with E-state index in [0.29, 0.717) is 0 Å². The van der Waals surface area contributed by atoms with Crippen LogP contribution in [0.2, 0.25) is 0 Å². The highest BCUT2D eigenvalue weighted by Crippen LogP contribution is 2.32. The van der Waals surface area contributed by atoms with E-state index < -0.39 is 0 Å². The predicted molar refractivity (Wildman–Crippen MR) is 75.4 cm³/mol. The van der Waals surface area contributed by atoms with Crippen molar-refractivity contribution in [1.29, 1.82) is 0 Å². The van der Waals surface area contributed by atoms with Crippen LogP contribution in [0.4, 0.5) is 0 Å². The third-order valence-corrected chi connectivity index (χ3v) is 5.25. The molecule has 1 unspecified atom stereocenters. The van der Waals surface area contributed by atoms with Gasteiger partial charge in [0.1, 0.15) is 0 Å². The van der Waals surface area contributed by atoms with Crippen molar-refractivity contribution in [1.82, 2.24) is 4.90 Å². The maximum absolute atomic E-state index is 6.09. The number of rotatable bonds is 5. The number of hydrogen-bond acceptors (Lipinski definition) is 3. The van der Waals surface area contributed by atoms with Gasteiger partial charge in [-0.2, -0.15) is 0 Å². The zero-order valence-electron chi connectivity index (χ0n) is 11.0. The molecular formula is C14H24N2S. The lowest BCUT2D eigenvalue weighted by atomic mass is 9.87. The van der Waals surface area contributed by atoms with Crippen LogP contribution in [0.5, 0.6) is 0 Å². The average Bonchev–Trinajstić information content (AvgIpc) is 2.83.